The monoisotopic (exact) mass is 383 g/mol. The van der Waals surface area contributed by atoms with Gasteiger partial charge in [0.05, 0.1) is 0 Å². The second kappa shape index (κ2) is 6.20. The molecule has 5 rings (SSSR count). The number of ketones is 1. The molecule has 1 saturated heterocycles. The van der Waals surface area contributed by atoms with Gasteiger partial charge in [-0.15, -0.1) is 0 Å². The third-order valence-corrected chi connectivity index (χ3v) is 9.99. The SMILES string of the molecule is CC(=O)[C@@]1(O)CC[C@H]2[C@@H]3CC=C4C=C(N5CCCC5)CC[C@]4(C)[C@H]3CC[C@@]21C. The van der Waals surface area contributed by atoms with Gasteiger partial charge in [-0.1, -0.05) is 19.9 Å². The number of fused-ring (bicyclic) bond motifs is 5. The Balaban J connectivity index is 1.46. The minimum absolute atomic E-state index is 0.00921. The van der Waals surface area contributed by atoms with Crippen LogP contribution < -0.4 is 0 Å². The molecule has 0 spiro atoms. The fraction of sp³-hybridized carbons (Fsp3) is 0.800. The molecule has 2 saturated carbocycles. The molecule has 0 aromatic carbocycles. The van der Waals surface area contributed by atoms with Crippen LogP contribution in [0.3, 0.4) is 0 Å². The summed E-state index contributed by atoms with van der Waals surface area (Å²) < 4.78 is 0. The van der Waals surface area contributed by atoms with Crippen molar-refractivity contribution in [2.75, 3.05) is 13.1 Å². The maximum absolute atomic E-state index is 12.4. The minimum Gasteiger partial charge on any atom is -0.382 e. The predicted octanol–water partition coefficient (Wildman–Crippen LogP) is 4.86. The molecule has 3 heteroatoms. The number of hydrogen-bond acceptors (Lipinski definition) is 3. The van der Waals surface area contributed by atoms with E-state index in [0.29, 0.717) is 24.2 Å². The van der Waals surface area contributed by atoms with Crippen molar-refractivity contribution in [2.24, 2.45) is 28.6 Å². The molecular formula is C25H37NO2. The van der Waals surface area contributed by atoms with E-state index >= 15 is 0 Å². The average molecular weight is 384 g/mol. The number of carbonyl (C=O) groups is 1. The first-order chi connectivity index (χ1) is 13.3. The van der Waals surface area contributed by atoms with Gasteiger partial charge in [0.1, 0.15) is 5.60 Å². The van der Waals surface area contributed by atoms with Crippen molar-refractivity contribution in [3.05, 3.63) is 23.4 Å². The molecule has 0 radical (unpaired) electrons. The van der Waals surface area contributed by atoms with Gasteiger partial charge in [-0.2, -0.15) is 0 Å². The highest BCUT2D eigenvalue weighted by molar-refractivity contribution is 5.86. The van der Waals surface area contributed by atoms with Gasteiger partial charge in [-0.05, 0) is 99.5 Å². The molecule has 4 aliphatic carbocycles. The van der Waals surface area contributed by atoms with Crippen LogP contribution in [0.5, 0.6) is 0 Å². The van der Waals surface area contributed by atoms with E-state index in [4.69, 9.17) is 0 Å². The third kappa shape index (κ3) is 2.35. The molecule has 3 nitrogen and oxygen atoms in total. The van der Waals surface area contributed by atoms with E-state index in [2.05, 4.69) is 30.9 Å². The second-order valence-corrected chi connectivity index (χ2v) is 10.9. The Morgan fingerprint density at radius 3 is 2.54 bits per heavy atom. The van der Waals surface area contributed by atoms with Crippen LogP contribution in [0.2, 0.25) is 0 Å². The van der Waals surface area contributed by atoms with Crippen molar-refractivity contribution < 1.29 is 9.90 Å². The Kier molecular flexibility index (Phi) is 4.19. The van der Waals surface area contributed by atoms with Gasteiger partial charge in [0, 0.05) is 24.2 Å². The molecule has 0 amide bonds. The summed E-state index contributed by atoms with van der Waals surface area (Å²) in [5.74, 6) is 1.81. The number of allylic oxidation sites excluding steroid dienone is 4. The van der Waals surface area contributed by atoms with Crippen molar-refractivity contribution in [2.45, 2.75) is 84.2 Å². The summed E-state index contributed by atoms with van der Waals surface area (Å²) >= 11 is 0. The van der Waals surface area contributed by atoms with Crippen LogP contribution in [0.4, 0.5) is 0 Å². The average Bonchev–Trinajstić information content (AvgIpc) is 3.29. The summed E-state index contributed by atoms with van der Waals surface area (Å²) in [4.78, 5) is 15.0. The summed E-state index contributed by atoms with van der Waals surface area (Å²) in [5.41, 5.74) is 2.12. The first-order valence-corrected chi connectivity index (χ1v) is 11.7. The zero-order valence-electron chi connectivity index (χ0n) is 18.0. The normalized spacial score (nSPS) is 47.7. The lowest BCUT2D eigenvalue weighted by molar-refractivity contribution is -0.158. The van der Waals surface area contributed by atoms with Crippen LogP contribution in [-0.4, -0.2) is 34.5 Å². The van der Waals surface area contributed by atoms with Gasteiger partial charge in [0.25, 0.3) is 0 Å². The van der Waals surface area contributed by atoms with Crippen LogP contribution in [0.25, 0.3) is 0 Å². The number of Topliss-reactive ketones (excluding diaryl/α,β-unsaturated/α-hetero) is 1. The van der Waals surface area contributed by atoms with E-state index in [1.54, 1.807) is 18.2 Å². The maximum atomic E-state index is 12.4. The molecule has 3 fully saturated rings. The molecule has 5 aliphatic rings. The molecule has 1 N–H and O–H groups in total. The highest BCUT2D eigenvalue weighted by Crippen LogP contribution is 2.67. The van der Waals surface area contributed by atoms with Crippen molar-refractivity contribution in [3.63, 3.8) is 0 Å². The smallest absolute Gasteiger partial charge is 0.161 e. The zero-order valence-corrected chi connectivity index (χ0v) is 18.0. The van der Waals surface area contributed by atoms with E-state index in [1.807, 2.05) is 0 Å². The van der Waals surface area contributed by atoms with Gasteiger partial charge >= 0.3 is 0 Å². The number of rotatable bonds is 2. The molecule has 0 bridgehead atoms. The second-order valence-electron chi connectivity index (χ2n) is 10.9. The number of hydrogen-bond donors (Lipinski definition) is 1. The lowest BCUT2D eigenvalue weighted by Crippen LogP contribution is -2.56. The van der Waals surface area contributed by atoms with Gasteiger partial charge in [-0.3, -0.25) is 4.79 Å². The van der Waals surface area contributed by atoms with Gasteiger partial charge in [0.2, 0.25) is 0 Å². The van der Waals surface area contributed by atoms with Crippen molar-refractivity contribution in [3.8, 4) is 0 Å². The Labute approximate surface area is 170 Å². The number of carbonyl (C=O) groups excluding carboxylic acids is 1. The molecule has 6 atom stereocenters. The van der Waals surface area contributed by atoms with Gasteiger partial charge in [-0.25, -0.2) is 0 Å². The number of aliphatic hydroxyl groups is 1. The molecule has 28 heavy (non-hydrogen) atoms. The van der Waals surface area contributed by atoms with Gasteiger partial charge < -0.3 is 10.0 Å². The number of nitrogens with zero attached hydrogens (tertiary/aromatic N) is 1. The Hall–Kier alpha value is -1.09. The maximum Gasteiger partial charge on any atom is 0.161 e. The molecule has 1 aliphatic heterocycles. The highest BCUT2D eigenvalue weighted by Gasteiger charge is 2.65. The van der Waals surface area contributed by atoms with Crippen molar-refractivity contribution >= 4 is 5.78 Å². The zero-order chi connectivity index (χ0) is 19.7. The highest BCUT2D eigenvalue weighted by atomic mass is 16.3. The molecule has 154 valence electrons. The van der Waals surface area contributed by atoms with Gasteiger partial charge in [0.15, 0.2) is 5.78 Å². The summed E-state index contributed by atoms with van der Waals surface area (Å²) in [7, 11) is 0. The summed E-state index contributed by atoms with van der Waals surface area (Å²) in [5, 5.41) is 11.3. The topological polar surface area (TPSA) is 40.5 Å². The van der Waals surface area contributed by atoms with Crippen LogP contribution in [0.1, 0.15) is 78.6 Å². The molecular weight excluding hydrogens is 346 g/mol. The van der Waals surface area contributed by atoms with Crippen LogP contribution in [0.15, 0.2) is 23.4 Å². The fourth-order valence-corrected chi connectivity index (χ4v) is 8.16. The summed E-state index contributed by atoms with van der Waals surface area (Å²) in [6.45, 7) is 8.82. The van der Waals surface area contributed by atoms with E-state index in [9.17, 15) is 9.90 Å². The summed E-state index contributed by atoms with van der Waals surface area (Å²) in [6.07, 6.45) is 15.2. The van der Waals surface area contributed by atoms with E-state index < -0.39 is 5.60 Å². The Morgan fingerprint density at radius 1 is 1.11 bits per heavy atom. The van der Waals surface area contributed by atoms with Crippen LogP contribution >= 0.6 is 0 Å². The third-order valence-electron chi connectivity index (χ3n) is 9.99. The number of likely N-dealkylation sites (tertiary alicyclic amines) is 1. The first kappa shape index (κ1) is 18.9. The quantitative estimate of drug-likeness (QED) is 0.740. The first-order valence-electron chi connectivity index (χ1n) is 11.7. The Bertz CT molecular complexity index is 748. The van der Waals surface area contributed by atoms with Crippen molar-refractivity contribution in [1.82, 2.24) is 4.90 Å². The predicted molar refractivity (Wildman–Crippen MR) is 112 cm³/mol. The van der Waals surface area contributed by atoms with E-state index in [1.165, 1.54) is 38.8 Å². The lowest BCUT2D eigenvalue weighted by atomic mass is 9.47. The fourth-order valence-electron chi connectivity index (χ4n) is 8.16. The van der Waals surface area contributed by atoms with Crippen molar-refractivity contribution in [1.29, 1.82) is 0 Å². The van der Waals surface area contributed by atoms with Crippen LogP contribution in [0, 0.1) is 28.6 Å². The van der Waals surface area contributed by atoms with E-state index in [0.717, 1.165) is 25.7 Å². The molecule has 0 aromatic rings. The Morgan fingerprint density at radius 2 is 1.82 bits per heavy atom. The van der Waals surface area contributed by atoms with Crippen LogP contribution in [-0.2, 0) is 4.79 Å². The standard InChI is InChI=1S/C25H37NO2/c1-17(27)25(28)13-10-22-20-7-6-18-16-19(26-14-4-5-15-26)8-11-23(18,2)21(20)9-12-24(22,25)3/h6,16,20-22,28H,4-5,7-15H2,1-3H3/t20-,21+,22+,23+,24+,25+/m1/s1. The molecule has 0 unspecified atom stereocenters. The summed E-state index contributed by atoms with van der Waals surface area (Å²) in [6, 6.07) is 0. The molecule has 1 heterocycles. The minimum atomic E-state index is -1.09. The lowest BCUT2D eigenvalue weighted by Gasteiger charge is -2.58. The largest absolute Gasteiger partial charge is 0.382 e. The van der Waals surface area contributed by atoms with E-state index in [-0.39, 0.29) is 16.6 Å². The molecule has 0 aromatic heterocycles.